The number of benzene rings is 1. The number of nitrogens with one attached hydrogen (secondary N) is 1. The van der Waals surface area contributed by atoms with Gasteiger partial charge in [-0.05, 0) is 36.0 Å². The van der Waals surface area contributed by atoms with Crippen molar-refractivity contribution >= 4 is 35.3 Å². The van der Waals surface area contributed by atoms with Crippen LogP contribution >= 0.6 is 23.5 Å². The number of thioether (sulfide) groups is 2. The molecule has 3 nitrogen and oxygen atoms in total. The molecule has 0 saturated carbocycles. The van der Waals surface area contributed by atoms with Gasteiger partial charge < -0.3 is 4.74 Å². The highest BCUT2D eigenvalue weighted by Gasteiger charge is 2.17. The molecule has 2 rings (SSSR count). The number of para-hydroxylation sites is 1. The lowest BCUT2D eigenvalue weighted by Crippen LogP contribution is -2.15. The third-order valence-corrected chi connectivity index (χ3v) is 5.66. The minimum Gasteiger partial charge on any atom is -0.453 e. The maximum Gasteiger partial charge on any atom is 0.411 e. The first kappa shape index (κ1) is 13.6. The average Bonchev–Trinajstić information content (AvgIpc) is 2.42. The van der Waals surface area contributed by atoms with E-state index in [9.17, 15) is 4.79 Å². The lowest BCUT2D eigenvalue weighted by molar-refractivity contribution is 0.187. The van der Waals surface area contributed by atoms with Gasteiger partial charge in [-0.25, -0.2) is 4.79 Å². The summed E-state index contributed by atoms with van der Waals surface area (Å²) in [6.07, 6.45) is 1.87. The van der Waals surface area contributed by atoms with E-state index in [0.717, 1.165) is 12.1 Å². The number of hydrogen-bond acceptors (Lipinski definition) is 4. The van der Waals surface area contributed by atoms with Crippen molar-refractivity contribution in [3.8, 4) is 0 Å². The Bertz CT molecular complexity index is 406. The second kappa shape index (κ2) is 6.95. The van der Waals surface area contributed by atoms with E-state index in [-0.39, 0.29) is 0 Å². The van der Waals surface area contributed by atoms with Crippen LogP contribution in [0.2, 0.25) is 0 Å². The summed E-state index contributed by atoms with van der Waals surface area (Å²) in [7, 11) is 1.38. The Labute approximate surface area is 116 Å². The van der Waals surface area contributed by atoms with Gasteiger partial charge in [0.15, 0.2) is 0 Å². The molecule has 18 heavy (non-hydrogen) atoms. The fourth-order valence-corrected chi connectivity index (χ4v) is 4.70. The van der Waals surface area contributed by atoms with Crippen LogP contribution in [0.1, 0.15) is 12.0 Å². The van der Waals surface area contributed by atoms with Gasteiger partial charge in [-0.3, -0.25) is 5.32 Å². The minimum atomic E-state index is -0.411. The molecule has 1 aromatic carbocycles. The Hall–Kier alpha value is -0.810. The fraction of sp³-hybridized carbons (Fsp3) is 0.462. The summed E-state index contributed by atoms with van der Waals surface area (Å²) in [4.78, 5) is 11.3. The summed E-state index contributed by atoms with van der Waals surface area (Å²) < 4.78 is 5.24. The second-order valence-electron chi connectivity index (χ2n) is 4.00. The summed E-state index contributed by atoms with van der Waals surface area (Å²) >= 11 is 4.02. The van der Waals surface area contributed by atoms with E-state index in [2.05, 4.69) is 16.1 Å². The molecule has 0 aliphatic carbocycles. The maximum absolute atomic E-state index is 11.3. The van der Waals surface area contributed by atoms with Crippen LogP contribution in [0.5, 0.6) is 0 Å². The van der Waals surface area contributed by atoms with E-state index in [1.165, 1.54) is 30.6 Å². The van der Waals surface area contributed by atoms with Crippen LogP contribution in [-0.4, -0.2) is 29.3 Å². The van der Waals surface area contributed by atoms with Crippen molar-refractivity contribution in [3.63, 3.8) is 0 Å². The Balaban J connectivity index is 2.04. The van der Waals surface area contributed by atoms with Crippen molar-refractivity contribution < 1.29 is 9.53 Å². The summed E-state index contributed by atoms with van der Waals surface area (Å²) in [6.45, 7) is 0. The molecule has 1 heterocycles. The van der Waals surface area contributed by atoms with Crippen LogP contribution < -0.4 is 5.32 Å². The second-order valence-corrected chi connectivity index (χ2v) is 6.92. The van der Waals surface area contributed by atoms with Gasteiger partial charge >= 0.3 is 6.09 Å². The van der Waals surface area contributed by atoms with E-state index < -0.39 is 6.09 Å². The van der Waals surface area contributed by atoms with Crippen LogP contribution in [0.25, 0.3) is 0 Å². The third kappa shape index (κ3) is 3.85. The van der Waals surface area contributed by atoms with Crippen LogP contribution in [0.4, 0.5) is 10.5 Å². The third-order valence-electron chi connectivity index (χ3n) is 2.72. The van der Waals surface area contributed by atoms with E-state index >= 15 is 0 Å². The smallest absolute Gasteiger partial charge is 0.411 e. The monoisotopic (exact) mass is 283 g/mol. The largest absolute Gasteiger partial charge is 0.453 e. The van der Waals surface area contributed by atoms with E-state index in [1.807, 2.05) is 41.7 Å². The molecule has 1 aromatic rings. The van der Waals surface area contributed by atoms with Crippen molar-refractivity contribution in [3.05, 3.63) is 29.8 Å². The van der Waals surface area contributed by atoms with Crippen molar-refractivity contribution in [2.24, 2.45) is 0 Å². The van der Waals surface area contributed by atoms with E-state index in [1.54, 1.807) is 0 Å². The zero-order chi connectivity index (χ0) is 12.8. The van der Waals surface area contributed by atoms with Crippen LogP contribution in [0.15, 0.2) is 24.3 Å². The Morgan fingerprint density at radius 2 is 2.11 bits per heavy atom. The number of methoxy groups -OCH3 is 1. The number of carbonyl (C=O) groups is 1. The summed E-state index contributed by atoms with van der Waals surface area (Å²) in [6, 6.07) is 7.93. The minimum absolute atomic E-state index is 0.411. The van der Waals surface area contributed by atoms with Crippen LogP contribution in [-0.2, 0) is 11.2 Å². The number of rotatable bonds is 3. The zero-order valence-corrected chi connectivity index (χ0v) is 12.0. The SMILES string of the molecule is COC(=O)Nc1ccccc1CC1SCCCS1. The molecule has 0 bridgehead atoms. The summed E-state index contributed by atoms with van der Waals surface area (Å²) in [5, 5.41) is 2.77. The fourth-order valence-electron chi connectivity index (χ4n) is 1.82. The number of carbonyl (C=O) groups excluding carboxylic acids is 1. The molecule has 0 unspecified atom stereocenters. The molecule has 0 atom stereocenters. The number of ether oxygens (including phenoxy) is 1. The average molecular weight is 283 g/mol. The first-order chi connectivity index (χ1) is 8.79. The van der Waals surface area contributed by atoms with Crippen LogP contribution in [0, 0.1) is 0 Å². The molecule has 1 aliphatic heterocycles. The quantitative estimate of drug-likeness (QED) is 0.920. The number of hydrogen-bond donors (Lipinski definition) is 1. The molecule has 5 heteroatoms. The predicted molar refractivity (Wildman–Crippen MR) is 79.5 cm³/mol. The van der Waals surface area contributed by atoms with Gasteiger partial charge in [-0.15, -0.1) is 23.5 Å². The lowest BCUT2D eigenvalue weighted by atomic mass is 10.1. The molecule has 1 N–H and O–H groups in total. The molecule has 1 aliphatic rings. The molecule has 1 saturated heterocycles. The lowest BCUT2D eigenvalue weighted by Gasteiger charge is -2.22. The van der Waals surface area contributed by atoms with Crippen molar-refractivity contribution in [1.29, 1.82) is 0 Å². The summed E-state index contributed by atoms with van der Waals surface area (Å²) in [5.74, 6) is 2.48. The first-order valence-corrected chi connectivity index (χ1v) is 8.05. The standard InChI is InChI=1S/C13H17NO2S2/c1-16-13(15)14-11-6-3-2-5-10(11)9-12-17-7-4-8-18-12/h2-3,5-6,12H,4,7-9H2,1H3,(H,14,15). The molecule has 1 fully saturated rings. The van der Waals surface area contributed by atoms with Gasteiger partial charge in [0.2, 0.25) is 0 Å². The van der Waals surface area contributed by atoms with Crippen LogP contribution in [0.3, 0.4) is 0 Å². The van der Waals surface area contributed by atoms with Gasteiger partial charge in [0.1, 0.15) is 0 Å². The molecular weight excluding hydrogens is 266 g/mol. The van der Waals surface area contributed by atoms with Gasteiger partial charge in [0, 0.05) is 5.69 Å². The van der Waals surface area contributed by atoms with Crippen molar-refractivity contribution in [2.75, 3.05) is 23.9 Å². The van der Waals surface area contributed by atoms with E-state index in [4.69, 9.17) is 0 Å². The van der Waals surface area contributed by atoms with Gasteiger partial charge in [0.25, 0.3) is 0 Å². The molecular formula is C13H17NO2S2. The Morgan fingerprint density at radius 3 is 2.83 bits per heavy atom. The Kier molecular flexibility index (Phi) is 5.26. The molecule has 1 amide bonds. The number of amides is 1. The zero-order valence-electron chi connectivity index (χ0n) is 10.3. The predicted octanol–water partition coefficient (Wildman–Crippen LogP) is 3.60. The molecule has 0 spiro atoms. The summed E-state index contributed by atoms with van der Waals surface area (Å²) in [5.41, 5.74) is 2.03. The first-order valence-electron chi connectivity index (χ1n) is 5.95. The van der Waals surface area contributed by atoms with Crippen molar-refractivity contribution in [2.45, 2.75) is 17.4 Å². The molecule has 0 radical (unpaired) electrons. The topological polar surface area (TPSA) is 38.3 Å². The molecule has 0 aromatic heterocycles. The normalized spacial score (nSPS) is 16.3. The highest BCUT2D eigenvalue weighted by atomic mass is 32.2. The molecule has 98 valence electrons. The van der Waals surface area contributed by atoms with Crippen molar-refractivity contribution in [1.82, 2.24) is 0 Å². The highest BCUT2D eigenvalue weighted by molar-refractivity contribution is 8.17. The van der Waals surface area contributed by atoms with Gasteiger partial charge in [-0.2, -0.15) is 0 Å². The van der Waals surface area contributed by atoms with Gasteiger partial charge in [0.05, 0.1) is 11.7 Å². The maximum atomic E-state index is 11.3. The van der Waals surface area contributed by atoms with Gasteiger partial charge in [-0.1, -0.05) is 18.2 Å². The number of anilines is 1. The highest BCUT2D eigenvalue weighted by Crippen LogP contribution is 2.34. The van der Waals surface area contributed by atoms with E-state index in [0.29, 0.717) is 4.58 Å². The Morgan fingerprint density at radius 1 is 1.39 bits per heavy atom.